The minimum absolute atomic E-state index is 0.106. The molecule has 4 heterocycles. The molecule has 1 fully saturated rings. The fourth-order valence-corrected chi connectivity index (χ4v) is 4.01. The summed E-state index contributed by atoms with van der Waals surface area (Å²) in [6, 6.07) is 4.20. The summed E-state index contributed by atoms with van der Waals surface area (Å²) in [5.74, 6) is 2.00. The van der Waals surface area contributed by atoms with Crippen LogP contribution in [-0.2, 0) is 11.2 Å². The normalized spacial score (nSPS) is 17.2. The van der Waals surface area contributed by atoms with Gasteiger partial charge in [0.1, 0.15) is 11.6 Å². The molecule has 2 aromatic heterocycles. The number of hydrogen-bond acceptors (Lipinski definition) is 7. The number of anilines is 4. The molecule has 0 spiro atoms. The molecule has 1 N–H and O–H groups in total. The number of rotatable bonds is 6. The maximum absolute atomic E-state index is 12.5. The van der Waals surface area contributed by atoms with Crippen LogP contribution in [0.3, 0.4) is 0 Å². The van der Waals surface area contributed by atoms with Gasteiger partial charge < -0.3 is 15.1 Å². The molecule has 0 aliphatic carbocycles. The van der Waals surface area contributed by atoms with E-state index in [9.17, 15) is 4.79 Å². The second-order valence-corrected chi connectivity index (χ2v) is 7.77. The van der Waals surface area contributed by atoms with Crippen molar-refractivity contribution in [2.45, 2.75) is 39.2 Å². The third kappa shape index (κ3) is 4.03. The van der Waals surface area contributed by atoms with Crippen LogP contribution in [-0.4, -0.2) is 65.0 Å². The number of likely N-dealkylation sites (N-methyl/N-ethyl adjacent to an activating group) is 1. The van der Waals surface area contributed by atoms with E-state index in [0.29, 0.717) is 18.2 Å². The van der Waals surface area contributed by atoms with Crippen LogP contribution in [0.4, 0.5) is 23.3 Å². The summed E-state index contributed by atoms with van der Waals surface area (Å²) in [6.07, 6.45) is 5.84. The molecule has 8 heteroatoms. The van der Waals surface area contributed by atoms with Crippen molar-refractivity contribution in [2.75, 3.05) is 48.3 Å². The first-order valence-electron chi connectivity index (χ1n) is 10.4. The predicted octanol–water partition coefficient (Wildman–Crippen LogP) is 2.44. The van der Waals surface area contributed by atoms with E-state index in [1.165, 1.54) is 0 Å². The van der Waals surface area contributed by atoms with Crippen LogP contribution in [0.25, 0.3) is 0 Å². The molecule has 0 radical (unpaired) electrons. The standard InChI is InChI=1S/C21H29N7O/c1-4-16(5-2)28-19(29)12-15-13-23-21(25-20(15)28)24-18-7-6-17(14-22-18)27-10-8-26(3)9-11-27/h6-7,13-14,16H,4-5,8-12H2,1-3H3,(H,22,23,24,25). The lowest BCUT2D eigenvalue weighted by atomic mass is 10.1. The van der Waals surface area contributed by atoms with Crippen molar-refractivity contribution in [3.05, 3.63) is 30.1 Å². The van der Waals surface area contributed by atoms with E-state index in [1.54, 1.807) is 6.20 Å². The Labute approximate surface area is 172 Å². The molecule has 1 amide bonds. The largest absolute Gasteiger partial charge is 0.368 e. The van der Waals surface area contributed by atoms with Gasteiger partial charge in [0.2, 0.25) is 11.9 Å². The Balaban J connectivity index is 1.48. The lowest BCUT2D eigenvalue weighted by Gasteiger charge is -2.33. The summed E-state index contributed by atoms with van der Waals surface area (Å²) in [7, 11) is 2.15. The van der Waals surface area contributed by atoms with Crippen molar-refractivity contribution in [3.63, 3.8) is 0 Å². The highest BCUT2D eigenvalue weighted by Gasteiger charge is 2.33. The van der Waals surface area contributed by atoms with E-state index in [2.05, 4.69) is 57.0 Å². The molecule has 0 saturated carbocycles. The lowest BCUT2D eigenvalue weighted by molar-refractivity contribution is -0.117. The van der Waals surface area contributed by atoms with Gasteiger partial charge in [-0.3, -0.25) is 9.69 Å². The molecule has 2 aliphatic rings. The Morgan fingerprint density at radius 1 is 1.07 bits per heavy atom. The van der Waals surface area contributed by atoms with Crippen molar-refractivity contribution in [1.29, 1.82) is 0 Å². The number of carbonyl (C=O) groups excluding carboxylic acids is 1. The van der Waals surface area contributed by atoms with Crippen LogP contribution in [0.15, 0.2) is 24.5 Å². The number of pyridine rings is 1. The number of aromatic nitrogens is 3. The fourth-order valence-electron chi connectivity index (χ4n) is 4.01. The van der Waals surface area contributed by atoms with E-state index < -0.39 is 0 Å². The zero-order valence-electron chi connectivity index (χ0n) is 17.4. The number of piperazine rings is 1. The molecule has 2 aliphatic heterocycles. The maximum atomic E-state index is 12.5. The van der Waals surface area contributed by atoms with Crippen LogP contribution in [0.1, 0.15) is 32.3 Å². The minimum atomic E-state index is 0.106. The number of fused-ring (bicyclic) bond motifs is 1. The van der Waals surface area contributed by atoms with E-state index in [0.717, 1.165) is 56.1 Å². The average molecular weight is 396 g/mol. The van der Waals surface area contributed by atoms with Gasteiger partial charge >= 0.3 is 0 Å². The molecule has 0 aromatic carbocycles. The third-order valence-corrected chi connectivity index (χ3v) is 5.84. The Bertz CT molecular complexity index is 858. The number of hydrogen-bond donors (Lipinski definition) is 1. The zero-order valence-corrected chi connectivity index (χ0v) is 17.4. The molecule has 154 valence electrons. The maximum Gasteiger partial charge on any atom is 0.233 e. The first-order valence-corrected chi connectivity index (χ1v) is 10.4. The smallest absolute Gasteiger partial charge is 0.233 e. The topological polar surface area (TPSA) is 77.5 Å². The molecule has 4 rings (SSSR count). The quantitative estimate of drug-likeness (QED) is 0.805. The summed E-state index contributed by atoms with van der Waals surface area (Å²) in [6.45, 7) is 8.36. The molecule has 29 heavy (non-hydrogen) atoms. The predicted molar refractivity (Wildman–Crippen MR) is 115 cm³/mol. The van der Waals surface area contributed by atoms with Crippen molar-refractivity contribution < 1.29 is 4.79 Å². The van der Waals surface area contributed by atoms with Crippen LogP contribution >= 0.6 is 0 Å². The van der Waals surface area contributed by atoms with Gasteiger partial charge in [0.15, 0.2) is 0 Å². The summed E-state index contributed by atoms with van der Waals surface area (Å²) in [5, 5.41) is 3.18. The SMILES string of the molecule is CCC(CC)N1C(=O)Cc2cnc(Nc3ccc(N4CCN(C)CC4)cn3)nc21. The second-order valence-electron chi connectivity index (χ2n) is 7.77. The van der Waals surface area contributed by atoms with Crippen LogP contribution < -0.4 is 15.1 Å². The fraction of sp³-hybridized carbons (Fsp3) is 0.524. The number of nitrogens with zero attached hydrogens (tertiary/aromatic N) is 6. The molecule has 0 atom stereocenters. The summed E-state index contributed by atoms with van der Waals surface area (Å²) >= 11 is 0. The van der Waals surface area contributed by atoms with Crippen LogP contribution in [0.5, 0.6) is 0 Å². The number of carbonyl (C=O) groups is 1. The number of nitrogens with one attached hydrogen (secondary N) is 1. The highest BCUT2D eigenvalue weighted by atomic mass is 16.2. The van der Waals surface area contributed by atoms with Gasteiger partial charge in [0, 0.05) is 44.0 Å². The van der Waals surface area contributed by atoms with E-state index in [4.69, 9.17) is 0 Å². The van der Waals surface area contributed by atoms with Crippen molar-refractivity contribution >= 4 is 29.2 Å². The summed E-state index contributed by atoms with van der Waals surface area (Å²) in [4.78, 5) is 32.6. The van der Waals surface area contributed by atoms with E-state index in [1.807, 2.05) is 17.2 Å². The second kappa shape index (κ2) is 8.32. The van der Waals surface area contributed by atoms with Gasteiger partial charge in [-0.05, 0) is 32.0 Å². The molecule has 8 nitrogen and oxygen atoms in total. The lowest BCUT2D eigenvalue weighted by Crippen LogP contribution is -2.44. The Morgan fingerprint density at radius 3 is 2.48 bits per heavy atom. The van der Waals surface area contributed by atoms with E-state index in [-0.39, 0.29) is 11.9 Å². The first-order chi connectivity index (χ1) is 14.1. The molecule has 1 saturated heterocycles. The molecule has 0 unspecified atom stereocenters. The molecule has 2 aromatic rings. The van der Waals surface area contributed by atoms with Crippen molar-refractivity contribution in [2.24, 2.45) is 0 Å². The zero-order chi connectivity index (χ0) is 20.4. The Morgan fingerprint density at radius 2 is 1.83 bits per heavy atom. The van der Waals surface area contributed by atoms with Gasteiger partial charge in [-0.2, -0.15) is 4.98 Å². The highest BCUT2D eigenvalue weighted by molar-refractivity contribution is 6.00. The van der Waals surface area contributed by atoms with Gasteiger partial charge in [0.05, 0.1) is 18.3 Å². The summed E-state index contributed by atoms with van der Waals surface area (Å²) in [5.41, 5.74) is 2.02. The minimum Gasteiger partial charge on any atom is -0.368 e. The average Bonchev–Trinajstić information content (AvgIpc) is 3.06. The van der Waals surface area contributed by atoms with Gasteiger partial charge in [0.25, 0.3) is 0 Å². The first kappa shape index (κ1) is 19.6. The van der Waals surface area contributed by atoms with Crippen LogP contribution in [0.2, 0.25) is 0 Å². The van der Waals surface area contributed by atoms with Crippen molar-refractivity contribution in [1.82, 2.24) is 19.9 Å². The number of amides is 1. The molecule has 0 bridgehead atoms. The van der Waals surface area contributed by atoms with Crippen molar-refractivity contribution in [3.8, 4) is 0 Å². The Hall–Kier alpha value is -2.74. The molecular weight excluding hydrogens is 366 g/mol. The van der Waals surface area contributed by atoms with Gasteiger partial charge in [-0.1, -0.05) is 13.8 Å². The highest BCUT2D eigenvalue weighted by Crippen LogP contribution is 2.31. The van der Waals surface area contributed by atoms with Gasteiger partial charge in [-0.15, -0.1) is 0 Å². The monoisotopic (exact) mass is 395 g/mol. The van der Waals surface area contributed by atoms with Crippen LogP contribution in [0, 0.1) is 0 Å². The van der Waals surface area contributed by atoms with Gasteiger partial charge in [-0.25, -0.2) is 9.97 Å². The third-order valence-electron chi connectivity index (χ3n) is 5.84. The Kier molecular flexibility index (Phi) is 5.62. The molecular formula is C21H29N7O. The summed E-state index contributed by atoms with van der Waals surface area (Å²) < 4.78 is 0. The van der Waals surface area contributed by atoms with E-state index >= 15 is 0 Å².